The van der Waals surface area contributed by atoms with Crippen molar-refractivity contribution < 1.29 is 13.2 Å². The number of carbonyl (C=O) groups excluding carboxylic acids is 1. The van der Waals surface area contributed by atoms with Gasteiger partial charge in [-0.2, -0.15) is 0 Å². The van der Waals surface area contributed by atoms with Crippen LogP contribution >= 0.6 is 0 Å². The topological polar surface area (TPSA) is 104 Å². The molecule has 0 bridgehead atoms. The molecule has 0 saturated heterocycles. The van der Waals surface area contributed by atoms with Crippen molar-refractivity contribution >= 4 is 21.6 Å². The highest BCUT2D eigenvalue weighted by Crippen LogP contribution is 2.33. The number of amidine groups is 1. The lowest BCUT2D eigenvalue weighted by atomic mass is 9.91. The number of amides is 1. The van der Waals surface area contributed by atoms with Crippen LogP contribution in [0.1, 0.15) is 61.6 Å². The van der Waals surface area contributed by atoms with Crippen LogP contribution in [0.3, 0.4) is 0 Å². The zero-order valence-corrected chi connectivity index (χ0v) is 22.3. The van der Waals surface area contributed by atoms with Crippen LogP contribution in [-0.4, -0.2) is 37.4 Å². The maximum atomic E-state index is 14.0. The largest absolute Gasteiger partial charge is 0.384 e. The van der Waals surface area contributed by atoms with Gasteiger partial charge in [0.1, 0.15) is 5.84 Å². The summed E-state index contributed by atoms with van der Waals surface area (Å²) in [5.74, 6) is -0.534. The fourth-order valence-electron chi connectivity index (χ4n) is 5.18. The van der Waals surface area contributed by atoms with Crippen molar-refractivity contribution in [3.63, 3.8) is 0 Å². The lowest BCUT2D eigenvalue weighted by molar-refractivity contribution is -0.136. The van der Waals surface area contributed by atoms with E-state index in [9.17, 15) is 13.2 Å². The second-order valence-electron chi connectivity index (χ2n) is 9.99. The van der Waals surface area contributed by atoms with Crippen molar-refractivity contribution in [3.05, 3.63) is 89.5 Å². The molecule has 1 amide bonds. The molecule has 7 heteroatoms. The van der Waals surface area contributed by atoms with Gasteiger partial charge in [-0.1, -0.05) is 79.9 Å². The monoisotopic (exact) mass is 517 g/mol. The number of nitrogens with zero attached hydrogens (tertiary/aromatic N) is 1. The van der Waals surface area contributed by atoms with Gasteiger partial charge in [-0.3, -0.25) is 10.2 Å². The number of nitrogens with two attached hydrogens (primary N) is 1. The number of benzene rings is 3. The van der Waals surface area contributed by atoms with E-state index in [0.717, 1.165) is 36.8 Å². The van der Waals surface area contributed by atoms with E-state index in [1.54, 1.807) is 12.1 Å². The Labute approximate surface area is 219 Å². The summed E-state index contributed by atoms with van der Waals surface area (Å²) >= 11 is 0. The van der Waals surface area contributed by atoms with E-state index in [-0.39, 0.29) is 22.7 Å². The van der Waals surface area contributed by atoms with Crippen LogP contribution in [0.4, 0.5) is 0 Å². The first-order chi connectivity index (χ1) is 17.6. The van der Waals surface area contributed by atoms with Crippen molar-refractivity contribution in [2.75, 3.05) is 6.26 Å². The molecule has 1 unspecified atom stereocenters. The minimum Gasteiger partial charge on any atom is -0.384 e. The maximum absolute atomic E-state index is 14.0. The van der Waals surface area contributed by atoms with Crippen LogP contribution < -0.4 is 5.73 Å². The van der Waals surface area contributed by atoms with Crippen molar-refractivity contribution in [1.82, 2.24) is 4.90 Å². The molecular formula is C30H35N3O3S. The Morgan fingerprint density at radius 1 is 1.00 bits per heavy atom. The number of nitrogen functional groups attached to an aromatic ring is 1. The summed E-state index contributed by atoms with van der Waals surface area (Å²) in [5.41, 5.74) is 9.40. The predicted octanol–water partition coefficient (Wildman–Crippen LogP) is 5.51. The van der Waals surface area contributed by atoms with Gasteiger partial charge in [-0.05, 0) is 48.6 Å². The molecule has 3 aromatic carbocycles. The molecule has 3 aromatic rings. The van der Waals surface area contributed by atoms with E-state index < -0.39 is 15.8 Å². The Kier molecular flexibility index (Phi) is 8.13. The summed E-state index contributed by atoms with van der Waals surface area (Å²) in [7, 11) is -3.52. The Morgan fingerprint density at radius 2 is 1.70 bits per heavy atom. The Bertz CT molecular complexity index is 1380. The highest BCUT2D eigenvalue weighted by molar-refractivity contribution is 7.90. The van der Waals surface area contributed by atoms with E-state index >= 15 is 0 Å². The third-order valence-corrected chi connectivity index (χ3v) is 8.39. The fourth-order valence-corrected chi connectivity index (χ4v) is 6.11. The molecule has 1 atom stereocenters. The van der Waals surface area contributed by atoms with E-state index in [0.29, 0.717) is 23.2 Å². The summed E-state index contributed by atoms with van der Waals surface area (Å²) in [4.78, 5) is 16.2. The quantitative estimate of drug-likeness (QED) is 0.304. The molecule has 1 saturated carbocycles. The number of carbonyl (C=O) groups is 1. The minimum atomic E-state index is -3.52. The van der Waals surface area contributed by atoms with Crippen LogP contribution in [0.2, 0.25) is 0 Å². The molecule has 0 radical (unpaired) electrons. The lowest BCUT2D eigenvalue weighted by Gasteiger charge is -2.36. The second kappa shape index (κ2) is 11.3. The average Bonchev–Trinajstić information content (AvgIpc) is 2.91. The third kappa shape index (κ3) is 6.28. The molecule has 0 heterocycles. The first-order valence-corrected chi connectivity index (χ1v) is 14.7. The van der Waals surface area contributed by atoms with Gasteiger partial charge in [0, 0.05) is 30.0 Å². The maximum Gasteiger partial charge on any atom is 0.230 e. The molecule has 37 heavy (non-hydrogen) atoms. The van der Waals surface area contributed by atoms with Gasteiger partial charge in [0.05, 0.1) is 10.8 Å². The van der Waals surface area contributed by atoms with Crippen LogP contribution in [0.25, 0.3) is 11.1 Å². The van der Waals surface area contributed by atoms with E-state index in [2.05, 4.69) is 0 Å². The van der Waals surface area contributed by atoms with E-state index in [1.165, 1.54) is 12.7 Å². The third-order valence-electron chi connectivity index (χ3n) is 7.25. The van der Waals surface area contributed by atoms with Crippen molar-refractivity contribution in [2.45, 2.75) is 62.4 Å². The van der Waals surface area contributed by atoms with Gasteiger partial charge in [-0.25, -0.2) is 8.42 Å². The molecule has 6 nitrogen and oxygen atoms in total. The van der Waals surface area contributed by atoms with E-state index in [4.69, 9.17) is 11.1 Å². The molecular weight excluding hydrogens is 482 g/mol. The Morgan fingerprint density at radius 3 is 2.35 bits per heavy atom. The number of hydrogen-bond donors (Lipinski definition) is 2. The summed E-state index contributed by atoms with van der Waals surface area (Å²) in [6.45, 7) is 2.28. The Hall–Kier alpha value is -3.45. The molecule has 1 aliphatic carbocycles. The number of hydrogen-bond acceptors (Lipinski definition) is 4. The highest BCUT2D eigenvalue weighted by Gasteiger charge is 2.30. The predicted molar refractivity (Wildman–Crippen MR) is 148 cm³/mol. The smallest absolute Gasteiger partial charge is 0.230 e. The summed E-state index contributed by atoms with van der Waals surface area (Å²) in [5, 5.41) is 7.77. The van der Waals surface area contributed by atoms with Crippen LogP contribution in [0, 0.1) is 5.41 Å². The zero-order chi connectivity index (χ0) is 26.6. The summed E-state index contributed by atoms with van der Waals surface area (Å²) in [6.07, 6.45) is 6.45. The molecule has 3 N–H and O–H groups in total. The highest BCUT2D eigenvalue weighted by atomic mass is 32.2. The molecule has 4 rings (SSSR count). The molecule has 1 aliphatic rings. The standard InChI is InChI=1S/C30H35N3O3S/c1-21(24-16-17-27(23-11-5-3-6-12-23)28(19-24)37(2,35)36)30(34)33(26-14-7-4-8-15-26)20-22-10-9-13-25(18-22)29(31)32/h3,5-6,9-13,16-19,21,26H,4,7-8,14-15,20H2,1-2H3,(H3,31,32). The van der Waals surface area contributed by atoms with Gasteiger partial charge in [-0.15, -0.1) is 0 Å². The van der Waals surface area contributed by atoms with Crippen LogP contribution in [-0.2, 0) is 21.2 Å². The number of rotatable bonds is 8. The van der Waals surface area contributed by atoms with Crippen LogP contribution in [0.15, 0.2) is 77.7 Å². The van der Waals surface area contributed by atoms with Crippen molar-refractivity contribution in [2.24, 2.45) is 5.73 Å². The number of sulfone groups is 1. The first-order valence-electron chi connectivity index (χ1n) is 12.8. The van der Waals surface area contributed by atoms with Gasteiger partial charge < -0.3 is 10.6 Å². The molecule has 194 valence electrons. The normalized spacial score (nSPS) is 15.2. The molecule has 1 fully saturated rings. The SMILES string of the molecule is CC(C(=O)N(Cc1cccc(C(=N)N)c1)C1CCCCC1)c1ccc(-c2ccccc2)c(S(C)(=O)=O)c1. The Balaban J connectivity index is 1.68. The minimum absolute atomic E-state index is 0.00225. The van der Waals surface area contributed by atoms with Gasteiger partial charge >= 0.3 is 0 Å². The van der Waals surface area contributed by atoms with Gasteiger partial charge in [0.15, 0.2) is 9.84 Å². The number of nitrogens with one attached hydrogen (secondary N) is 1. The second-order valence-corrected chi connectivity index (χ2v) is 12.0. The van der Waals surface area contributed by atoms with Gasteiger partial charge in [0.25, 0.3) is 0 Å². The van der Waals surface area contributed by atoms with Crippen molar-refractivity contribution in [1.29, 1.82) is 5.41 Å². The first kappa shape index (κ1) is 26.6. The molecule has 0 spiro atoms. The van der Waals surface area contributed by atoms with Crippen LogP contribution in [0.5, 0.6) is 0 Å². The summed E-state index contributed by atoms with van der Waals surface area (Å²) in [6, 6.07) is 22.4. The van der Waals surface area contributed by atoms with Gasteiger partial charge in [0.2, 0.25) is 5.91 Å². The average molecular weight is 518 g/mol. The zero-order valence-electron chi connectivity index (χ0n) is 21.5. The van der Waals surface area contributed by atoms with E-state index in [1.807, 2.05) is 72.5 Å². The summed E-state index contributed by atoms with van der Waals surface area (Å²) < 4.78 is 25.5. The molecule has 0 aromatic heterocycles. The lowest BCUT2D eigenvalue weighted by Crippen LogP contribution is -2.43. The fraction of sp³-hybridized carbons (Fsp3) is 0.333. The van der Waals surface area contributed by atoms with Crippen molar-refractivity contribution in [3.8, 4) is 11.1 Å². The molecule has 0 aliphatic heterocycles.